The molecule has 6 rings (SSSR count). The molecule has 1 aliphatic heterocycles. The van der Waals surface area contributed by atoms with Crippen molar-refractivity contribution in [2.45, 2.75) is 31.8 Å². The molecule has 42 heavy (non-hydrogen) atoms. The first-order valence-corrected chi connectivity index (χ1v) is 14.2. The minimum Gasteiger partial charge on any atom is -0.330 e. The van der Waals surface area contributed by atoms with Gasteiger partial charge in [-0.1, -0.05) is 84.9 Å². The van der Waals surface area contributed by atoms with Gasteiger partial charge in [0.05, 0.1) is 23.0 Å². The first-order valence-electron chi connectivity index (χ1n) is 14.2. The summed E-state index contributed by atoms with van der Waals surface area (Å²) in [6.07, 6.45) is 1.97. The molecule has 0 saturated carbocycles. The van der Waals surface area contributed by atoms with Crippen LogP contribution in [0.3, 0.4) is 0 Å². The summed E-state index contributed by atoms with van der Waals surface area (Å²) >= 11 is 0. The lowest BCUT2D eigenvalue weighted by molar-refractivity contribution is -0.137. The summed E-state index contributed by atoms with van der Waals surface area (Å²) in [6.45, 7) is 3.76. The quantitative estimate of drug-likeness (QED) is 0.214. The van der Waals surface area contributed by atoms with E-state index in [-0.39, 0.29) is 30.2 Å². The Hall–Kier alpha value is -4.97. The predicted octanol–water partition coefficient (Wildman–Crippen LogP) is 7.12. The van der Waals surface area contributed by atoms with Crippen molar-refractivity contribution in [2.24, 2.45) is 0 Å². The Kier molecular flexibility index (Phi) is 7.44. The van der Waals surface area contributed by atoms with Crippen molar-refractivity contribution in [2.75, 3.05) is 11.4 Å². The fourth-order valence-corrected chi connectivity index (χ4v) is 5.89. The van der Waals surface area contributed by atoms with E-state index >= 15 is 0 Å². The average molecular weight is 558 g/mol. The zero-order valence-electron chi connectivity index (χ0n) is 23.6. The van der Waals surface area contributed by atoms with Gasteiger partial charge in [-0.3, -0.25) is 14.5 Å². The number of carbonyl (C=O) groups excluding carboxylic acids is 2. The van der Waals surface area contributed by atoms with Gasteiger partial charge in [0, 0.05) is 12.2 Å². The van der Waals surface area contributed by atoms with Crippen molar-refractivity contribution < 1.29 is 14.0 Å². The number of benzene rings is 4. The smallest absolute Gasteiger partial charge is 0.247 e. The Morgan fingerprint density at radius 2 is 1.31 bits per heavy atom. The second-order valence-electron chi connectivity index (χ2n) is 10.8. The number of nitrogens with zero attached hydrogens (tertiary/aromatic N) is 3. The van der Waals surface area contributed by atoms with Gasteiger partial charge in [-0.15, -0.1) is 0 Å². The van der Waals surface area contributed by atoms with Gasteiger partial charge in [0.1, 0.15) is 18.4 Å². The van der Waals surface area contributed by atoms with E-state index < -0.39 is 12.0 Å². The summed E-state index contributed by atoms with van der Waals surface area (Å²) < 4.78 is 16.0. The molecule has 5 nitrogen and oxygen atoms in total. The standard InChI is InChI=1S/C36H32FN3O2/c1-25(2)39(36(42)34(26-12-5-3-6-13-26)27-14-7-4-8-15-27)24-33(41)40-31-17-10-9-16-30(31)38-23-11-18-32(38)35(40)28-19-21-29(37)22-20-28/h3-23,25,34-35H,24H2,1-2H3. The molecule has 0 fully saturated rings. The molecule has 210 valence electrons. The lowest BCUT2D eigenvalue weighted by Crippen LogP contribution is -2.49. The number of fused-ring (bicyclic) bond motifs is 3. The van der Waals surface area contributed by atoms with Gasteiger partial charge < -0.3 is 9.47 Å². The van der Waals surface area contributed by atoms with Crippen LogP contribution in [0.2, 0.25) is 0 Å². The number of rotatable bonds is 7. The van der Waals surface area contributed by atoms with Gasteiger partial charge in [0.2, 0.25) is 11.8 Å². The molecule has 0 radical (unpaired) electrons. The molecule has 0 aliphatic carbocycles. The molecule has 0 spiro atoms. The highest BCUT2D eigenvalue weighted by atomic mass is 19.1. The van der Waals surface area contributed by atoms with E-state index in [1.165, 1.54) is 12.1 Å². The molecule has 4 aromatic carbocycles. The summed E-state index contributed by atoms with van der Waals surface area (Å²) in [6, 6.07) is 36.6. The third-order valence-corrected chi connectivity index (χ3v) is 7.90. The zero-order valence-corrected chi connectivity index (χ0v) is 23.6. The van der Waals surface area contributed by atoms with E-state index in [1.54, 1.807) is 21.9 Å². The zero-order chi connectivity index (χ0) is 29.2. The Morgan fingerprint density at radius 1 is 0.738 bits per heavy atom. The molecule has 2 amide bonds. The minimum atomic E-state index is -0.554. The van der Waals surface area contributed by atoms with Crippen LogP contribution in [-0.4, -0.2) is 33.9 Å². The second-order valence-corrected chi connectivity index (χ2v) is 10.8. The highest BCUT2D eigenvalue weighted by Crippen LogP contribution is 2.42. The Bertz CT molecular complexity index is 1660. The van der Waals surface area contributed by atoms with Gasteiger partial charge >= 0.3 is 0 Å². The average Bonchev–Trinajstić information content (AvgIpc) is 3.51. The van der Waals surface area contributed by atoms with E-state index in [0.717, 1.165) is 33.8 Å². The molecule has 0 saturated heterocycles. The summed E-state index contributed by atoms with van der Waals surface area (Å²) in [4.78, 5) is 32.3. The number of anilines is 1. The highest BCUT2D eigenvalue weighted by molar-refractivity contribution is 6.01. The molecule has 1 aromatic heterocycles. The van der Waals surface area contributed by atoms with Crippen molar-refractivity contribution in [3.8, 4) is 5.69 Å². The topological polar surface area (TPSA) is 45.6 Å². The molecule has 0 bridgehead atoms. The van der Waals surface area contributed by atoms with E-state index in [2.05, 4.69) is 4.57 Å². The fraction of sp³-hybridized carbons (Fsp3) is 0.167. The van der Waals surface area contributed by atoms with Gasteiger partial charge in [-0.25, -0.2) is 4.39 Å². The number of hydrogen-bond donors (Lipinski definition) is 0. The number of aromatic nitrogens is 1. The van der Waals surface area contributed by atoms with Crippen LogP contribution < -0.4 is 4.90 Å². The normalized spacial score (nSPS) is 14.0. The van der Waals surface area contributed by atoms with Gasteiger partial charge in [0.25, 0.3) is 0 Å². The van der Waals surface area contributed by atoms with Gasteiger partial charge in [-0.05, 0) is 66.9 Å². The fourth-order valence-electron chi connectivity index (χ4n) is 5.89. The summed E-state index contributed by atoms with van der Waals surface area (Å²) in [5.74, 6) is -1.25. The first-order chi connectivity index (χ1) is 20.4. The van der Waals surface area contributed by atoms with E-state index in [0.29, 0.717) is 0 Å². The van der Waals surface area contributed by atoms with E-state index in [9.17, 15) is 14.0 Å². The third-order valence-electron chi connectivity index (χ3n) is 7.90. The van der Waals surface area contributed by atoms with E-state index in [1.807, 2.05) is 117 Å². The lowest BCUT2D eigenvalue weighted by Gasteiger charge is -2.40. The first kappa shape index (κ1) is 27.2. The van der Waals surface area contributed by atoms with Crippen molar-refractivity contribution in [3.05, 3.63) is 156 Å². The Labute approximate surface area is 245 Å². The molecular weight excluding hydrogens is 525 g/mol. The van der Waals surface area contributed by atoms with Crippen molar-refractivity contribution in [3.63, 3.8) is 0 Å². The van der Waals surface area contributed by atoms with Crippen LogP contribution in [0, 0.1) is 5.82 Å². The second kappa shape index (κ2) is 11.5. The number of hydrogen-bond acceptors (Lipinski definition) is 2. The predicted molar refractivity (Wildman–Crippen MR) is 163 cm³/mol. The van der Waals surface area contributed by atoms with Gasteiger partial charge in [0.15, 0.2) is 0 Å². The number of para-hydroxylation sites is 2. The SMILES string of the molecule is CC(C)N(CC(=O)N1c2ccccc2-n2cccc2C1c1ccc(F)cc1)C(=O)C(c1ccccc1)c1ccccc1. The molecule has 6 heteroatoms. The number of carbonyl (C=O) groups is 2. The van der Waals surface area contributed by atoms with Crippen LogP contribution >= 0.6 is 0 Å². The molecule has 0 N–H and O–H groups in total. The molecule has 5 aromatic rings. The van der Waals surface area contributed by atoms with Crippen molar-refractivity contribution in [1.82, 2.24) is 9.47 Å². The van der Waals surface area contributed by atoms with Gasteiger partial charge in [-0.2, -0.15) is 0 Å². The van der Waals surface area contributed by atoms with Crippen LogP contribution in [0.25, 0.3) is 5.69 Å². The van der Waals surface area contributed by atoms with Crippen LogP contribution in [0.15, 0.2) is 128 Å². The Balaban J connectivity index is 1.41. The lowest BCUT2D eigenvalue weighted by atomic mass is 9.89. The maximum absolute atomic E-state index is 14.5. The number of amides is 2. The highest BCUT2D eigenvalue weighted by Gasteiger charge is 2.38. The monoisotopic (exact) mass is 557 g/mol. The molecule has 1 aliphatic rings. The van der Waals surface area contributed by atoms with Crippen LogP contribution in [0.5, 0.6) is 0 Å². The molecule has 2 heterocycles. The minimum absolute atomic E-state index is 0.112. The largest absolute Gasteiger partial charge is 0.330 e. The Morgan fingerprint density at radius 3 is 1.90 bits per heavy atom. The molecular formula is C36H32FN3O2. The maximum Gasteiger partial charge on any atom is 0.247 e. The van der Waals surface area contributed by atoms with Crippen LogP contribution in [-0.2, 0) is 9.59 Å². The maximum atomic E-state index is 14.5. The van der Waals surface area contributed by atoms with Crippen molar-refractivity contribution in [1.29, 1.82) is 0 Å². The van der Waals surface area contributed by atoms with Crippen LogP contribution in [0.4, 0.5) is 10.1 Å². The molecule has 1 unspecified atom stereocenters. The molecule has 1 atom stereocenters. The summed E-state index contributed by atoms with van der Waals surface area (Å²) in [5.41, 5.74) is 5.03. The number of halogens is 1. The third kappa shape index (κ3) is 5.00. The summed E-state index contributed by atoms with van der Waals surface area (Å²) in [7, 11) is 0. The van der Waals surface area contributed by atoms with Crippen molar-refractivity contribution >= 4 is 17.5 Å². The van der Waals surface area contributed by atoms with E-state index in [4.69, 9.17) is 0 Å². The van der Waals surface area contributed by atoms with Crippen LogP contribution in [0.1, 0.15) is 48.2 Å². The summed E-state index contributed by atoms with van der Waals surface area (Å²) in [5, 5.41) is 0.